The van der Waals surface area contributed by atoms with Crippen molar-refractivity contribution in [3.05, 3.63) is 63.8 Å². The number of hydrogen-bond donors (Lipinski definition) is 2. The molecule has 140 valence electrons. The van der Waals surface area contributed by atoms with Crippen molar-refractivity contribution in [2.24, 2.45) is 0 Å². The van der Waals surface area contributed by atoms with Gasteiger partial charge in [-0.2, -0.15) is 0 Å². The van der Waals surface area contributed by atoms with E-state index in [4.69, 9.17) is 13.9 Å². The zero-order chi connectivity index (χ0) is 19.6. The summed E-state index contributed by atoms with van der Waals surface area (Å²) in [6.07, 6.45) is 2.44. The summed E-state index contributed by atoms with van der Waals surface area (Å²) in [6.45, 7) is 3.93. The molecule has 0 saturated heterocycles. The van der Waals surface area contributed by atoms with E-state index < -0.39 is 5.43 Å². The van der Waals surface area contributed by atoms with Gasteiger partial charge in [-0.25, -0.2) is 0 Å². The average molecular weight is 368 g/mol. The number of hydrogen-bond acceptors (Lipinski definition) is 6. The second kappa shape index (κ2) is 7.45. The summed E-state index contributed by atoms with van der Waals surface area (Å²) in [7, 11) is 1.49. The Morgan fingerprint density at radius 3 is 2.48 bits per heavy atom. The Balaban J connectivity index is 2.18. The first-order valence-corrected chi connectivity index (χ1v) is 8.36. The summed E-state index contributed by atoms with van der Waals surface area (Å²) in [5.74, 6) is 0.675. The van der Waals surface area contributed by atoms with Crippen LogP contribution in [0, 0.1) is 0 Å². The van der Waals surface area contributed by atoms with Crippen molar-refractivity contribution in [3.8, 4) is 28.9 Å². The molecule has 6 heteroatoms. The van der Waals surface area contributed by atoms with Crippen molar-refractivity contribution in [1.29, 1.82) is 0 Å². The number of rotatable bonds is 5. The van der Waals surface area contributed by atoms with Gasteiger partial charge in [-0.05, 0) is 44.5 Å². The van der Waals surface area contributed by atoms with Crippen molar-refractivity contribution >= 4 is 11.0 Å². The Morgan fingerprint density at radius 1 is 1.15 bits per heavy atom. The fraction of sp³-hybridized carbons (Fsp3) is 0.190. The van der Waals surface area contributed by atoms with E-state index in [-0.39, 0.29) is 28.4 Å². The van der Waals surface area contributed by atoms with Gasteiger partial charge in [0.05, 0.1) is 13.2 Å². The lowest BCUT2D eigenvalue weighted by atomic mass is 10.0. The summed E-state index contributed by atoms with van der Waals surface area (Å²) in [5, 5.41) is 19.7. The third kappa shape index (κ3) is 3.89. The maximum Gasteiger partial charge on any atom is 0.294 e. The minimum atomic E-state index is -0.427. The van der Waals surface area contributed by atoms with Crippen molar-refractivity contribution in [2.75, 3.05) is 7.11 Å². The fourth-order valence-electron chi connectivity index (χ4n) is 2.68. The normalized spacial score (nSPS) is 10.6. The van der Waals surface area contributed by atoms with Crippen LogP contribution in [0.4, 0.5) is 0 Å². The van der Waals surface area contributed by atoms with Crippen LogP contribution in [0.1, 0.15) is 19.4 Å². The Bertz CT molecular complexity index is 1060. The number of benzene rings is 2. The number of phenolic OH excluding ortho intramolecular Hbond substituents is 2. The molecular formula is C21H20O6. The molecule has 1 heterocycles. The standard InChI is InChI=1S/C21H20O6/c1-12(2)4-9-15-18(25-3)10-16(23)20-17(24)11-19(27-21(15)20)26-14-7-5-13(22)6-8-14/h4-8,10-11,22-23H,9H2,1-3H3. The van der Waals surface area contributed by atoms with Gasteiger partial charge < -0.3 is 24.1 Å². The maximum atomic E-state index is 12.6. The van der Waals surface area contributed by atoms with E-state index in [1.807, 2.05) is 19.9 Å². The highest BCUT2D eigenvalue weighted by Gasteiger charge is 2.18. The average Bonchev–Trinajstić information content (AvgIpc) is 2.62. The predicted molar refractivity (Wildman–Crippen MR) is 102 cm³/mol. The van der Waals surface area contributed by atoms with E-state index in [0.29, 0.717) is 23.5 Å². The van der Waals surface area contributed by atoms with Crippen LogP contribution in [0.5, 0.6) is 28.9 Å². The molecule has 27 heavy (non-hydrogen) atoms. The molecule has 0 saturated carbocycles. The maximum absolute atomic E-state index is 12.6. The molecule has 3 rings (SSSR count). The number of aromatic hydroxyl groups is 2. The van der Waals surface area contributed by atoms with Crippen molar-refractivity contribution in [3.63, 3.8) is 0 Å². The van der Waals surface area contributed by atoms with Crippen LogP contribution < -0.4 is 14.9 Å². The number of ether oxygens (including phenoxy) is 2. The molecule has 0 radical (unpaired) electrons. The Kier molecular flexibility index (Phi) is 5.07. The third-order valence-electron chi connectivity index (χ3n) is 4.01. The number of fused-ring (bicyclic) bond motifs is 1. The van der Waals surface area contributed by atoms with Gasteiger partial charge in [-0.1, -0.05) is 11.6 Å². The van der Waals surface area contributed by atoms with Gasteiger partial charge in [-0.15, -0.1) is 0 Å². The van der Waals surface area contributed by atoms with Gasteiger partial charge in [0, 0.05) is 11.6 Å². The van der Waals surface area contributed by atoms with Crippen LogP contribution in [-0.2, 0) is 6.42 Å². The molecule has 0 bridgehead atoms. The smallest absolute Gasteiger partial charge is 0.294 e. The molecule has 6 nitrogen and oxygen atoms in total. The summed E-state index contributed by atoms with van der Waals surface area (Å²) in [4.78, 5) is 12.6. The van der Waals surface area contributed by atoms with Gasteiger partial charge in [0.2, 0.25) is 0 Å². The number of methoxy groups -OCH3 is 1. The molecule has 0 fully saturated rings. The van der Waals surface area contributed by atoms with Crippen LogP contribution in [0.25, 0.3) is 11.0 Å². The Labute approximate surface area is 155 Å². The van der Waals surface area contributed by atoms with Gasteiger partial charge in [0.1, 0.15) is 28.4 Å². The highest BCUT2D eigenvalue weighted by atomic mass is 16.6. The van der Waals surface area contributed by atoms with Crippen LogP contribution in [0.15, 0.2) is 57.3 Å². The van der Waals surface area contributed by atoms with Gasteiger partial charge >= 0.3 is 0 Å². The molecule has 0 aliphatic heterocycles. The first-order chi connectivity index (χ1) is 12.9. The molecule has 0 spiro atoms. The van der Waals surface area contributed by atoms with Crippen LogP contribution >= 0.6 is 0 Å². The van der Waals surface area contributed by atoms with Crippen molar-refractivity contribution < 1.29 is 24.1 Å². The quantitative estimate of drug-likeness (QED) is 0.644. The zero-order valence-electron chi connectivity index (χ0n) is 15.3. The molecule has 1 aromatic heterocycles. The van der Waals surface area contributed by atoms with E-state index in [2.05, 4.69) is 0 Å². The van der Waals surface area contributed by atoms with Gasteiger partial charge in [0.15, 0.2) is 11.0 Å². The zero-order valence-corrected chi connectivity index (χ0v) is 15.3. The summed E-state index contributed by atoms with van der Waals surface area (Å²) < 4.78 is 16.8. The minimum absolute atomic E-state index is 0.0238. The second-order valence-corrected chi connectivity index (χ2v) is 6.29. The number of phenols is 2. The van der Waals surface area contributed by atoms with Crippen molar-refractivity contribution in [2.45, 2.75) is 20.3 Å². The van der Waals surface area contributed by atoms with Crippen LogP contribution in [-0.4, -0.2) is 17.3 Å². The highest BCUT2D eigenvalue weighted by Crippen LogP contribution is 2.36. The molecular weight excluding hydrogens is 348 g/mol. The minimum Gasteiger partial charge on any atom is -0.508 e. The molecule has 0 amide bonds. The topological polar surface area (TPSA) is 89.1 Å². The van der Waals surface area contributed by atoms with E-state index in [1.54, 1.807) is 12.1 Å². The first-order valence-electron chi connectivity index (χ1n) is 8.36. The van der Waals surface area contributed by atoms with Gasteiger partial charge in [-0.3, -0.25) is 4.79 Å². The monoisotopic (exact) mass is 368 g/mol. The molecule has 0 aliphatic rings. The molecule has 3 aromatic rings. The summed E-state index contributed by atoms with van der Waals surface area (Å²) in [5.41, 5.74) is 1.52. The lowest BCUT2D eigenvalue weighted by molar-refractivity contribution is 0.350. The third-order valence-corrected chi connectivity index (χ3v) is 4.01. The van der Waals surface area contributed by atoms with Crippen LogP contribution in [0.3, 0.4) is 0 Å². The largest absolute Gasteiger partial charge is 0.508 e. The van der Waals surface area contributed by atoms with Crippen molar-refractivity contribution in [1.82, 2.24) is 0 Å². The predicted octanol–water partition coefficient (Wildman–Crippen LogP) is 4.51. The van der Waals surface area contributed by atoms with E-state index >= 15 is 0 Å². The second-order valence-electron chi connectivity index (χ2n) is 6.29. The molecule has 0 aliphatic carbocycles. The summed E-state index contributed by atoms with van der Waals surface area (Å²) in [6, 6.07) is 8.60. The Morgan fingerprint density at radius 2 is 1.85 bits per heavy atom. The fourth-order valence-corrected chi connectivity index (χ4v) is 2.68. The van der Waals surface area contributed by atoms with Gasteiger partial charge in [0.25, 0.3) is 5.95 Å². The summed E-state index contributed by atoms with van der Waals surface area (Å²) >= 11 is 0. The SMILES string of the molecule is COc1cc(O)c2c(=O)cc(Oc3ccc(O)cc3)oc2c1CC=C(C)C. The first kappa shape index (κ1) is 18.4. The van der Waals surface area contributed by atoms with E-state index in [9.17, 15) is 15.0 Å². The highest BCUT2D eigenvalue weighted by molar-refractivity contribution is 5.88. The molecule has 0 atom stereocenters. The molecule has 0 unspecified atom stereocenters. The lowest BCUT2D eigenvalue weighted by Gasteiger charge is -2.12. The molecule has 2 N–H and O–H groups in total. The van der Waals surface area contributed by atoms with E-state index in [0.717, 1.165) is 5.57 Å². The Hall–Kier alpha value is -3.41. The number of allylic oxidation sites excluding steroid dienone is 2. The van der Waals surface area contributed by atoms with E-state index in [1.165, 1.54) is 31.4 Å². The lowest BCUT2D eigenvalue weighted by Crippen LogP contribution is -2.04. The van der Waals surface area contributed by atoms with Crippen LogP contribution in [0.2, 0.25) is 0 Å². The molecule has 2 aromatic carbocycles.